The molecule has 0 aliphatic rings. The van der Waals surface area contributed by atoms with Gasteiger partial charge in [0.25, 0.3) is 5.91 Å². The fourth-order valence-electron chi connectivity index (χ4n) is 1.86. The molecule has 8 heteroatoms. The lowest BCUT2D eigenvalue weighted by Gasteiger charge is -2.16. The first kappa shape index (κ1) is 18.7. The van der Waals surface area contributed by atoms with Crippen molar-refractivity contribution in [1.82, 2.24) is 10.6 Å². The molecular weight excluding hydrogens is 364 g/mol. The van der Waals surface area contributed by atoms with E-state index in [-0.39, 0.29) is 0 Å². The molecule has 25 heavy (non-hydrogen) atoms. The van der Waals surface area contributed by atoms with E-state index in [1.54, 1.807) is 42.5 Å². The van der Waals surface area contributed by atoms with Crippen molar-refractivity contribution in [1.29, 1.82) is 0 Å². The number of ether oxygens (including phenoxy) is 1. The van der Waals surface area contributed by atoms with Crippen molar-refractivity contribution in [3.05, 3.63) is 63.3 Å². The summed E-state index contributed by atoms with van der Waals surface area (Å²) in [7, 11) is 1.38. The number of rotatable bonds is 5. The van der Waals surface area contributed by atoms with Gasteiger partial charge in [0.2, 0.25) is 6.10 Å². The molecule has 0 fully saturated rings. The molecule has 6 nitrogen and oxygen atoms in total. The molecule has 0 saturated carbocycles. The number of imide groups is 1. The van der Waals surface area contributed by atoms with Crippen molar-refractivity contribution in [2.24, 2.45) is 0 Å². The number of hydrogen-bond acceptors (Lipinski definition) is 5. The second kappa shape index (κ2) is 9.00. The van der Waals surface area contributed by atoms with Crippen LogP contribution in [-0.2, 0) is 14.3 Å². The Morgan fingerprint density at radius 2 is 1.88 bits per heavy atom. The van der Waals surface area contributed by atoms with E-state index in [4.69, 9.17) is 16.3 Å². The van der Waals surface area contributed by atoms with Gasteiger partial charge in [-0.25, -0.2) is 9.59 Å². The lowest BCUT2D eigenvalue weighted by molar-refractivity contribution is -0.151. The fraction of sp³-hybridized carbons (Fsp3) is 0.118. The van der Waals surface area contributed by atoms with E-state index in [1.165, 1.54) is 30.5 Å². The molecular formula is C17H15ClN2O4S. The van der Waals surface area contributed by atoms with E-state index in [0.717, 1.165) is 4.88 Å². The summed E-state index contributed by atoms with van der Waals surface area (Å²) in [4.78, 5) is 36.4. The summed E-state index contributed by atoms with van der Waals surface area (Å²) in [6.07, 6.45) is 1.49. The number of carbonyl (C=O) groups is 3. The van der Waals surface area contributed by atoms with Crippen LogP contribution in [-0.4, -0.2) is 25.0 Å². The van der Waals surface area contributed by atoms with Crippen LogP contribution < -0.4 is 10.6 Å². The van der Waals surface area contributed by atoms with Gasteiger partial charge in [0.05, 0.1) is 4.34 Å². The minimum Gasteiger partial charge on any atom is -0.444 e. The summed E-state index contributed by atoms with van der Waals surface area (Å²) in [5, 5.41) is 4.37. The molecule has 1 aromatic carbocycles. The number of hydrogen-bond donors (Lipinski definition) is 2. The van der Waals surface area contributed by atoms with E-state index < -0.39 is 24.0 Å². The number of amides is 3. The third-order valence-electron chi connectivity index (χ3n) is 3.02. The second-order valence-corrected chi connectivity index (χ2v) is 6.52. The molecule has 0 bridgehead atoms. The lowest BCUT2D eigenvalue weighted by Crippen LogP contribution is -2.41. The van der Waals surface area contributed by atoms with Crippen molar-refractivity contribution < 1.29 is 19.1 Å². The predicted molar refractivity (Wildman–Crippen MR) is 96.2 cm³/mol. The number of benzene rings is 1. The molecule has 2 rings (SSSR count). The first-order valence-corrected chi connectivity index (χ1v) is 8.40. The molecule has 0 aliphatic carbocycles. The molecule has 2 aromatic rings. The predicted octanol–water partition coefficient (Wildman–Crippen LogP) is 3.15. The summed E-state index contributed by atoms with van der Waals surface area (Å²) in [5.41, 5.74) is 0.449. The first-order valence-electron chi connectivity index (χ1n) is 7.21. The van der Waals surface area contributed by atoms with Gasteiger partial charge in [-0.3, -0.25) is 10.1 Å². The highest BCUT2D eigenvalue weighted by Crippen LogP contribution is 2.23. The van der Waals surface area contributed by atoms with Gasteiger partial charge in [-0.05, 0) is 18.2 Å². The number of esters is 1. The average molecular weight is 379 g/mol. The molecule has 1 aromatic heterocycles. The maximum absolute atomic E-state index is 12.2. The second-order valence-electron chi connectivity index (χ2n) is 4.77. The quantitative estimate of drug-likeness (QED) is 0.618. The number of urea groups is 1. The summed E-state index contributed by atoms with van der Waals surface area (Å²) < 4.78 is 5.82. The highest BCUT2D eigenvalue weighted by Gasteiger charge is 2.25. The SMILES string of the molecule is CNC(=O)NC(=O)[C@H](OC(=O)/C=C/c1ccc(Cl)s1)c1ccccc1. The molecule has 0 radical (unpaired) electrons. The van der Waals surface area contributed by atoms with Crippen LogP contribution in [0.3, 0.4) is 0 Å². The molecule has 0 aliphatic heterocycles. The summed E-state index contributed by atoms with van der Waals surface area (Å²) >= 11 is 7.12. The van der Waals surface area contributed by atoms with Gasteiger partial charge in [0, 0.05) is 23.6 Å². The van der Waals surface area contributed by atoms with Crippen molar-refractivity contribution in [2.45, 2.75) is 6.10 Å². The Bertz CT molecular complexity index is 789. The zero-order valence-electron chi connectivity index (χ0n) is 13.2. The molecule has 0 spiro atoms. The Labute approximate surface area is 153 Å². The van der Waals surface area contributed by atoms with Gasteiger partial charge in [-0.1, -0.05) is 41.9 Å². The Morgan fingerprint density at radius 3 is 2.48 bits per heavy atom. The van der Waals surface area contributed by atoms with Crippen LogP contribution in [0, 0.1) is 0 Å². The minimum absolute atomic E-state index is 0.449. The van der Waals surface area contributed by atoms with E-state index in [0.29, 0.717) is 9.90 Å². The standard InChI is InChI=1S/C17H15ClN2O4S/c1-19-17(23)20-16(22)15(11-5-3-2-4-6-11)24-14(21)10-8-12-7-9-13(18)25-12/h2-10,15H,1H3,(H2,19,20,22,23)/b10-8+/t15-/m1/s1. The Hall–Kier alpha value is -2.64. The average Bonchev–Trinajstić information content (AvgIpc) is 3.03. The third-order valence-corrected chi connectivity index (χ3v) is 4.21. The number of carbonyl (C=O) groups excluding carboxylic acids is 3. The normalized spacial score (nSPS) is 11.8. The minimum atomic E-state index is -1.25. The molecule has 1 heterocycles. The van der Waals surface area contributed by atoms with Crippen LogP contribution in [0.2, 0.25) is 4.34 Å². The monoisotopic (exact) mass is 378 g/mol. The van der Waals surface area contributed by atoms with Crippen LogP contribution in [0.5, 0.6) is 0 Å². The number of thiophene rings is 1. The van der Waals surface area contributed by atoms with Crippen LogP contribution in [0.15, 0.2) is 48.5 Å². The van der Waals surface area contributed by atoms with Gasteiger partial charge in [-0.15, -0.1) is 11.3 Å². The van der Waals surface area contributed by atoms with Gasteiger partial charge >= 0.3 is 12.0 Å². The van der Waals surface area contributed by atoms with E-state index in [2.05, 4.69) is 10.6 Å². The van der Waals surface area contributed by atoms with Crippen molar-refractivity contribution in [3.8, 4) is 0 Å². The summed E-state index contributed by atoms with van der Waals surface area (Å²) in [6.45, 7) is 0. The first-order chi connectivity index (χ1) is 12.0. The van der Waals surface area contributed by atoms with E-state index in [1.807, 2.05) is 0 Å². The maximum Gasteiger partial charge on any atom is 0.331 e. The Morgan fingerprint density at radius 1 is 1.16 bits per heavy atom. The Balaban J connectivity index is 2.12. The van der Waals surface area contributed by atoms with Crippen LogP contribution >= 0.6 is 22.9 Å². The highest BCUT2D eigenvalue weighted by molar-refractivity contribution is 7.17. The summed E-state index contributed by atoms with van der Waals surface area (Å²) in [6, 6.07) is 11.2. The van der Waals surface area contributed by atoms with Gasteiger partial charge in [0.1, 0.15) is 0 Å². The van der Waals surface area contributed by atoms with Gasteiger partial charge in [0.15, 0.2) is 0 Å². The molecule has 130 valence electrons. The van der Waals surface area contributed by atoms with E-state index >= 15 is 0 Å². The highest BCUT2D eigenvalue weighted by atomic mass is 35.5. The van der Waals surface area contributed by atoms with Crippen molar-refractivity contribution in [3.63, 3.8) is 0 Å². The molecule has 0 unspecified atom stereocenters. The van der Waals surface area contributed by atoms with Crippen molar-refractivity contribution >= 4 is 46.9 Å². The van der Waals surface area contributed by atoms with E-state index in [9.17, 15) is 14.4 Å². The van der Waals surface area contributed by atoms with Crippen LogP contribution in [0.1, 0.15) is 16.5 Å². The largest absolute Gasteiger partial charge is 0.444 e. The topological polar surface area (TPSA) is 84.5 Å². The smallest absolute Gasteiger partial charge is 0.331 e. The number of nitrogens with one attached hydrogen (secondary N) is 2. The van der Waals surface area contributed by atoms with Crippen LogP contribution in [0.25, 0.3) is 6.08 Å². The summed E-state index contributed by atoms with van der Waals surface area (Å²) in [5.74, 6) is -1.46. The lowest BCUT2D eigenvalue weighted by atomic mass is 10.1. The number of halogens is 1. The fourth-order valence-corrected chi connectivity index (χ4v) is 2.83. The van der Waals surface area contributed by atoms with Crippen molar-refractivity contribution in [2.75, 3.05) is 7.05 Å². The van der Waals surface area contributed by atoms with Gasteiger partial charge < -0.3 is 10.1 Å². The zero-order chi connectivity index (χ0) is 18.2. The molecule has 1 atom stereocenters. The molecule has 3 amide bonds. The van der Waals surface area contributed by atoms with Crippen LogP contribution in [0.4, 0.5) is 4.79 Å². The zero-order valence-corrected chi connectivity index (χ0v) is 14.8. The molecule has 0 saturated heterocycles. The Kier molecular flexibility index (Phi) is 6.73. The molecule has 2 N–H and O–H groups in total. The third kappa shape index (κ3) is 5.74. The van der Waals surface area contributed by atoms with Gasteiger partial charge in [-0.2, -0.15) is 0 Å². The maximum atomic E-state index is 12.2.